The van der Waals surface area contributed by atoms with Crippen LogP contribution in [-0.4, -0.2) is 21.6 Å². The molecular weight excluding hydrogens is 517 g/mol. The van der Waals surface area contributed by atoms with E-state index in [2.05, 4.69) is 10.6 Å². The average Bonchev–Trinajstić information content (AvgIpc) is 3.41. The average molecular weight is 544 g/mol. The second kappa shape index (κ2) is 11.0. The van der Waals surface area contributed by atoms with E-state index >= 15 is 0 Å². The first kappa shape index (κ1) is 25.8. The Kier molecular flexibility index (Phi) is 6.92. The Bertz CT molecular complexity index is 1900. The van der Waals surface area contributed by atoms with Crippen LogP contribution in [0.25, 0.3) is 21.7 Å². The molecule has 6 aromatic rings. The molecule has 0 atom stereocenters. The standard InChI is InChI=1S/C34H26FN3O3/c35-30-8-4-5-25-19-23(11-14-27(25)30)21-38-18-17-28-31(37-26-6-2-1-3-7-26)16-15-29(32(28)38)33(39)36-20-22-9-12-24(13-10-22)34(40)41/h1-19,37H,20-21H2,(H,36,39)(H,40,41). The molecule has 0 aliphatic carbocycles. The van der Waals surface area contributed by atoms with E-state index in [0.29, 0.717) is 17.5 Å². The molecule has 0 fully saturated rings. The Labute approximate surface area is 235 Å². The number of fused-ring (bicyclic) bond motifs is 2. The molecule has 202 valence electrons. The van der Waals surface area contributed by atoms with Gasteiger partial charge in [-0.15, -0.1) is 0 Å². The second-order valence-corrected chi connectivity index (χ2v) is 9.84. The lowest BCUT2D eigenvalue weighted by molar-refractivity contribution is 0.0696. The van der Waals surface area contributed by atoms with Crippen molar-refractivity contribution < 1.29 is 19.1 Å². The van der Waals surface area contributed by atoms with Gasteiger partial charge in [-0.1, -0.05) is 54.6 Å². The highest BCUT2D eigenvalue weighted by Gasteiger charge is 2.17. The monoisotopic (exact) mass is 543 g/mol. The number of carbonyl (C=O) groups excluding carboxylic acids is 1. The van der Waals surface area contributed by atoms with Crippen LogP contribution >= 0.6 is 0 Å². The summed E-state index contributed by atoms with van der Waals surface area (Å²) in [5.41, 5.74) is 5.04. The molecule has 5 aromatic carbocycles. The van der Waals surface area contributed by atoms with Crippen molar-refractivity contribution in [3.05, 3.63) is 143 Å². The van der Waals surface area contributed by atoms with Crippen molar-refractivity contribution in [1.29, 1.82) is 0 Å². The van der Waals surface area contributed by atoms with Gasteiger partial charge in [-0.3, -0.25) is 4.79 Å². The number of carboxylic acids is 1. The molecule has 1 heterocycles. The van der Waals surface area contributed by atoms with Crippen molar-refractivity contribution in [2.75, 3.05) is 5.32 Å². The molecule has 0 unspecified atom stereocenters. The molecule has 1 amide bonds. The Balaban J connectivity index is 1.35. The molecule has 41 heavy (non-hydrogen) atoms. The predicted molar refractivity (Wildman–Crippen MR) is 159 cm³/mol. The summed E-state index contributed by atoms with van der Waals surface area (Å²) in [7, 11) is 0. The number of benzene rings is 5. The van der Waals surface area contributed by atoms with Crippen molar-refractivity contribution >= 4 is 44.9 Å². The summed E-state index contributed by atoms with van der Waals surface area (Å²) in [6, 6.07) is 32.7. The smallest absolute Gasteiger partial charge is 0.335 e. The van der Waals surface area contributed by atoms with Crippen LogP contribution in [0.3, 0.4) is 0 Å². The highest BCUT2D eigenvalue weighted by molar-refractivity contribution is 6.09. The maximum absolute atomic E-state index is 14.2. The highest BCUT2D eigenvalue weighted by Crippen LogP contribution is 2.31. The molecular formula is C34H26FN3O3. The minimum atomic E-state index is -0.996. The molecule has 0 bridgehead atoms. The first-order chi connectivity index (χ1) is 20.0. The van der Waals surface area contributed by atoms with Crippen LogP contribution in [0.4, 0.5) is 15.8 Å². The van der Waals surface area contributed by atoms with Crippen molar-refractivity contribution in [3.63, 3.8) is 0 Å². The summed E-state index contributed by atoms with van der Waals surface area (Å²) in [4.78, 5) is 24.7. The lowest BCUT2D eigenvalue weighted by Crippen LogP contribution is -2.23. The van der Waals surface area contributed by atoms with Gasteiger partial charge in [0.25, 0.3) is 5.91 Å². The van der Waals surface area contributed by atoms with Gasteiger partial charge < -0.3 is 20.3 Å². The van der Waals surface area contributed by atoms with Gasteiger partial charge in [-0.25, -0.2) is 9.18 Å². The van der Waals surface area contributed by atoms with Crippen molar-refractivity contribution in [3.8, 4) is 0 Å². The Morgan fingerprint density at radius 2 is 1.56 bits per heavy atom. The molecule has 1 aromatic heterocycles. The van der Waals surface area contributed by atoms with Gasteiger partial charge in [0, 0.05) is 41.4 Å². The molecule has 0 saturated heterocycles. The SMILES string of the molecule is O=C(O)c1ccc(CNC(=O)c2ccc(Nc3ccccc3)c3ccn(Cc4ccc5c(F)cccc5c4)c23)cc1. The zero-order valence-electron chi connectivity index (χ0n) is 22.0. The number of rotatable bonds is 8. The number of hydrogen-bond acceptors (Lipinski definition) is 3. The third-order valence-corrected chi connectivity index (χ3v) is 7.12. The quantitative estimate of drug-likeness (QED) is 0.187. The van der Waals surface area contributed by atoms with Crippen LogP contribution in [-0.2, 0) is 13.1 Å². The second-order valence-electron chi connectivity index (χ2n) is 9.84. The van der Waals surface area contributed by atoms with E-state index in [1.54, 1.807) is 24.3 Å². The zero-order valence-corrected chi connectivity index (χ0v) is 22.0. The number of hydrogen-bond donors (Lipinski definition) is 3. The minimum absolute atomic E-state index is 0.192. The van der Waals surface area contributed by atoms with E-state index in [0.717, 1.165) is 38.8 Å². The van der Waals surface area contributed by atoms with Crippen LogP contribution in [0.1, 0.15) is 31.8 Å². The fraction of sp³-hybridized carbons (Fsp3) is 0.0588. The number of amides is 1. The summed E-state index contributed by atoms with van der Waals surface area (Å²) in [5.74, 6) is -1.50. The number of aromatic nitrogens is 1. The Morgan fingerprint density at radius 1 is 0.780 bits per heavy atom. The van der Waals surface area contributed by atoms with Crippen LogP contribution < -0.4 is 10.6 Å². The Morgan fingerprint density at radius 3 is 2.34 bits per heavy atom. The summed E-state index contributed by atoms with van der Waals surface area (Å²) in [5, 5.41) is 17.8. The van der Waals surface area contributed by atoms with Crippen molar-refractivity contribution in [2.24, 2.45) is 0 Å². The van der Waals surface area contributed by atoms with Crippen LogP contribution in [0.15, 0.2) is 115 Å². The number of halogens is 1. The van der Waals surface area contributed by atoms with E-state index in [1.165, 1.54) is 18.2 Å². The van der Waals surface area contributed by atoms with Crippen molar-refractivity contribution in [1.82, 2.24) is 9.88 Å². The lowest BCUT2D eigenvalue weighted by atomic mass is 10.1. The molecule has 0 saturated carbocycles. The predicted octanol–water partition coefficient (Wildman–Crippen LogP) is 7.35. The maximum Gasteiger partial charge on any atom is 0.335 e. The molecule has 0 aliphatic heterocycles. The third-order valence-electron chi connectivity index (χ3n) is 7.12. The van der Waals surface area contributed by atoms with Crippen LogP contribution in [0.5, 0.6) is 0 Å². The molecule has 0 radical (unpaired) electrons. The fourth-order valence-corrected chi connectivity index (χ4v) is 5.06. The van der Waals surface area contributed by atoms with Gasteiger partial charge in [0.15, 0.2) is 0 Å². The summed E-state index contributed by atoms with van der Waals surface area (Å²) in [6.45, 7) is 0.739. The molecule has 6 rings (SSSR count). The van der Waals surface area contributed by atoms with Gasteiger partial charge >= 0.3 is 5.97 Å². The molecule has 3 N–H and O–H groups in total. The van der Waals surface area contributed by atoms with Gasteiger partial charge in [0.05, 0.1) is 16.6 Å². The minimum Gasteiger partial charge on any atom is -0.478 e. The first-order valence-corrected chi connectivity index (χ1v) is 13.2. The molecule has 0 aliphatic rings. The van der Waals surface area contributed by atoms with Crippen LogP contribution in [0.2, 0.25) is 0 Å². The molecule has 0 spiro atoms. The number of anilines is 2. The van der Waals surface area contributed by atoms with Crippen LogP contribution in [0, 0.1) is 5.82 Å². The first-order valence-electron chi connectivity index (χ1n) is 13.2. The summed E-state index contributed by atoms with van der Waals surface area (Å²) in [6.07, 6.45) is 1.96. The van der Waals surface area contributed by atoms with Gasteiger partial charge in [-0.05, 0) is 71.1 Å². The number of nitrogens with zero attached hydrogens (tertiary/aromatic N) is 1. The van der Waals surface area contributed by atoms with Crippen molar-refractivity contribution in [2.45, 2.75) is 13.1 Å². The normalized spacial score (nSPS) is 11.0. The molecule has 7 heteroatoms. The van der Waals surface area contributed by atoms with Gasteiger partial charge in [0.2, 0.25) is 0 Å². The largest absolute Gasteiger partial charge is 0.478 e. The number of carboxylic acid groups (broad SMARTS) is 1. The number of carbonyl (C=O) groups is 2. The fourth-order valence-electron chi connectivity index (χ4n) is 5.06. The third kappa shape index (κ3) is 5.38. The number of aromatic carboxylic acids is 1. The van der Waals surface area contributed by atoms with E-state index < -0.39 is 5.97 Å². The lowest BCUT2D eigenvalue weighted by Gasteiger charge is -2.14. The van der Waals surface area contributed by atoms with Gasteiger partial charge in [-0.2, -0.15) is 0 Å². The maximum atomic E-state index is 14.2. The molecule has 6 nitrogen and oxygen atoms in total. The van der Waals surface area contributed by atoms with E-state index in [-0.39, 0.29) is 23.8 Å². The van der Waals surface area contributed by atoms with Gasteiger partial charge in [0.1, 0.15) is 5.82 Å². The van der Waals surface area contributed by atoms with E-state index in [1.807, 2.05) is 77.5 Å². The Hall–Kier alpha value is -5.43. The van der Waals surface area contributed by atoms with E-state index in [9.17, 15) is 14.0 Å². The number of para-hydroxylation sites is 1. The summed E-state index contributed by atoms with van der Waals surface area (Å²) >= 11 is 0. The highest BCUT2D eigenvalue weighted by atomic mass is 19.1. The number of nitrogens with one attached hydrogen (secondary N) is 2. The zero-order chi connectivity index (χ0) is 28.3. The topological polar surface area (TPSA) is 83.4 Å². The van der Waals surface area contributed by atoms with E-state index in [4.69, 9.17) is 5.11 Å². The summed E-state index contributed by atoms with van der Waals surface area (Å²) < 4.78 is 16.3.